The minimum absolute atomic E-state index is 0.0967. The lowest BCUT2D eigenvalue weighted by Crippen LogP contribution is -2.60. The van der Waals surface area contributed by atoms with Gasteiger partial charge >= 0.3 is 0 Å². The van der Waals surface area contributed by atoms with Crippen molar-refractivity contribution in [2.24, 2.45) is 0 Å². The normalized spacial score (nSPS) is 29.0. The van der Waals surface area contributed by atoms with Crippen molar-refractivity contribution >= 4 is 6.08 Å². The van der Waals surface area contributed by atoms with Crippen LogP contribution in [0, 0.1) is 0 Å². The van der Waals surface area contributed by atoms with E-state index in [0.29, 0.717) is 5.56 Å². The van der Waals surface area contributed by atoms with Crippen LogP contribution in [0.2, 0.25) is 0 Å². The first-order valence-electron chi connectivity index (χ1n) is 7.98. The molecule has 9 nitrogen and oxygen atoms in total. The third kappa shape index (κ3) is 4.09. The number of hydrogen-bond acceptors (Lipinski definition) is 9. The summed E-state index contributed by atoms with van der Waals surface area (Å²) < 4.78 is 21.6. The smallest absolute Gasteiger partial charge is 0.229 e. The van der Waals surface area contributed by atoms with Gasteiger partial charge in [0.25, 0.3) is 0 Å². The molecule has 9 heteroatoms. The highest BCUT2D eigenvalue weighted by atomic mass is 16.7. The maximum Gasteiger partial charge on any atom is 0.229 e. The van der Waals surface area contributed by atoms with Gasteiger partial charge in [-0.3, -0.25) is 0 Å². The Morgan fingerprint density at radius 1 is 1.00 bits per heavy atom. The van der Waals surface area contributed by atoms with E-state index >= 15 is 0 Å². The second kappa shape index (κ2) is 9.17. The van der Waals surface area contributed by atoms with E-state index in [2.05, 4.69) is 0 Å². The van der Waals surface area contributed by atoms with Gasteiger partial charge in [0.2, 0.25) is 12.0 Å². The molecular formula is C17H24O9. The molecule has 5 atom stereocenters. The summed E-state index contributed by atoms with van der Waals surface area (Å²) in [6, 6.07) is 3.28. The molecule has 0 radical (unpaired) electrons. The molecule has 1 fully saturated rings. The van der Waals surface area contributed by atoms with Gasteiger partial charge in [0.05, 0.1) is 27.4 Å². The van der Waals surface area contributed by atoms with Gasteiger partial charge in [-0.25, -0.2) is 0 Å². The fourth-order valence-electron chi connectivity index (χ4n) is 2.63. The zero-order chi connectivity index (χ0) is 19.3. The predicted octanol–water partition coefficient (Wildman–Crippen LogP) is -1.11. The summed E-state index contributed by atoms with van der Waals surface area (Å²) in [4.78, 5) is 0. The summed E-state index contributed by atoms with van der Waals surface area (Å²) in [5.74, 6) is 0.630. The molecule has 2 rings (SSSR count). The van der Waals surface area contributed by atoms with E-state index in [-0.39, 0.29) is 23.9 Å². The molecule has 1 aromatic rings. The van der Waals surface area contributed by atoms with Crippen molar-refractivity contribution in [1.29, 1.82) is 0 Å². The molecule has 1 saturated heterocycles. The van der Waals surface area contributed by atoms with Crippen molar-refractivity contribution in [3.8, 4) is 17.2 Å². The lowest BCUT2D eigenvalue weighted by Gasteiger charge is -2.39. The minimum atomic E-state index is -1.57. The van der Waals surface area contributed by atoms with Crippen LogP contribution in [-0.4, -0.2) is 83.7 Å². The van der Waals surface area contributed by atoms with Crippen molar-refractivity contribution in [3.05, 3.63) is 23.8 Å². The molecule has 0 bridgehead atoms. The Bertz CT molecular complexity index is 616. The van der Waals surface area contributed by atoms with E-state index in [1.165, 1.54) is 20.3 Å². The van der Waals surface area contributed by atoms with E-state index in [1.807, 2.05) is 0 Å². The molecule has 1 heterocycles. The van der Waals surface area contributed by atoms with Gasteiger partial charge < -0.3 is 44.5 Å². The molecule has 1 aliphatic heterocycles. The zero-order valence-corrected chi connectivity index (χ0v) is 14.5. The van der Waals surface area contributed by atoms with Crippen molar-refractivity contribution < 1.29 is 44.5 Å². The highest BCUT2D eigenvalue weighted by Crippen LogP contribution is 2.42. The number of benzene rings is 1. The molecule has 0 aliphatic carbocycles. The Kier molecular flexibility index (Phi) is 7.21. The molecule has 5 N–H and O–H groups in total. The van der Waals surface area contributed by atoms with Gasteiger partial charge in [-0.1, -0.05) is 12.2 Å². The van der Waals surface area contributed by atoms with Crippen LogP contribution < -0.4 is 14.2 Å². The standard InChI is InChI=1S/C17H24O9/c1-23-10-6-5-9(4-3-7-18)15(24-2)16(10)26-17-14(22)13(21)12(20)11(8-19)25-17/h3-6,11-14,17-22H,7-8H2,1-2H3/t11-,12-,13+,14-,17+/m1/s1. The number of ether oxygens (including phenoxy) is 4. The van der Waals surface area contributed by atoms with Gasteiger partial charge in [-0.15, -0.1) is 0 Å². The predicted molar refractivity (Wildman–Crippen MR) is 90.1 cm³/mol. The maximum absolute atomic E-state index is 10.2. The Labute approximate surface area is 150 Å². The quantitative estimate of drug-likeness (QED) is 0.403. The average Bonchev–Trinajstić information content (AvgIpc) is 2.66. The first-order chi connectivity index (χ1) is 12.5. The van der Waals surface area contributed by atoms with Gasteiger partial charge in [-0.05, 0) is 12.1 Å². The Morgan fingerprint density at radius 2 is 1.73 bits per heavy atom. The Morgan fingerprint density at radius 3 is 2.31 bits per heavy atom. The van der Waals surface area contributed by atoms with Crippen LogP contribution in [0.5, 0.6) is 17.2 Å². The number of aliphatic hydroxyl groups is 5. The highest BCUT2D eigenvalue weighted by molar-refractivity contribution is 5.66. The van der Waals surface area contributed by atoms with E-state index in [1.54, 1.807) is 18.2 Å². The van der Waals surface area contributed by atoms with Gasteiger partial charge in [0.15, 0.2) is 11.5 Å². The molecule has 0 spiro atoms. The second-order valence-electron chi connectivity index (χ2n) is 5.62. The molecular weight excluding hydrogens is 348 g/mol. The Hall–Kier alpha value is -1.88. The van der Waals surface area contributed by atoms with Gasteiger partial charge in [0, 0.05) is 5.56 Å². The van der Waals surface area contributed by atoms with E-state index in [4.69, 9.17) is 24.1 Å². The van der Waals surface area contributed by atoms with Crippen molar-refractivity contribution in [3.63, 3.8) is 0 Å². The molecule has 0 amide bonds. The Balaban J connectivity index is 2.38. The van der Waals surface area contributed by atoms with E-state index in [0.717, 1.165) is 0 Å². The summed E-state index contributed by atoms with van der Waals surface area (Å²) in [6.45, 7) is -0.740. The number of hydrogen-bond donors (Lipinski definition) is 5. The van der Waals surface area contributed by atoms with E-state index < -0.39 is 37.3 Å². The summed E-state index contributed by atoms with van der Waals surface area (Å²) in [6.07, 6.45) is -4.00. The number of methoxy groups -OCH3 is 2. The van der Waals surface area contributed by atoms with Crippen LogP contribution in [0.4, 0.5) is 0 Å². The molecule has 0 aromatic heterocycles. The first kappa shape index (κ1) is 20.4. The maximum atomic E-state index is 10.2. The minimum Gasteiger partial charge on any atom is -0.493 e. The lowest BCUT2D eigenvalue weighted by molar-refractivity contribution is -0.277. The fraction of sp³-hybridized carbons (Fsp3) is 0.529. The first-order valence-corrected chi connectivity index (χ1v) is 7.98. The molecule has 1 aliphatic rings. The SMILES string of the molecule is COc1ccc(C=CCO)c(OC)c1O[C@@H]1O[C@H](CO)[C@@H](O)[C@H](O)[C@H]1O. The summed E-state index contributed by atoms with van der Waals surface area (Å²) in [7, 11) is 2.82. The lowest BCUT2D eigenvalue weighted by atomic mass is 9.99. The van der Waals surface area contributed by atoms with Crippen LogP contribution >= 0.6 is 0 Å². The average molecular weight is 372 g/mol. The zero-order valence-electron chi connectivity index (χ0n) is 14.5. The molecule has 26 heavy (non-hydrogen) atoms. The molecule has 0 saturated carbocycles. The highest BCUT2D eigenvalue weighted by Gasteiger charge is 2.45. The summed E-state index contributed by atoms with van der Waals surface area (Å²) >= 11 is 0. The van der Waals surface area contributed by atoms with Crippen LogP contribution in [0.1, 0.15) is 5.56 Å². The van der Waals surface area contributed by atoms with Crippen LogP contribution in [0.25, 0.3) is 6.08 Å². The van der Waals surface area contributed by atoms with Crippen LogP contribution in [0.3, 0.4) is 0 Å². The van der Waals surface area contributed by atoms with Gasteiger partial charge in [-0.2, -0.15) is 0 Å². The number of rotatable bonds is 7. The summed E-state index contributed by atoms with van der Waals surface area (Å²) in [5.41, 5.74) is 0.571. The second-order valence-corrected chi connectivity index (χ2v) is 5.62. The van der Waals surface area contributed by atoms with Gasteiger partial charge in [0.1, 0.15) is 24.4 Å². The van der Waals surface area contributed by atoms with Crippen LogP contribution in [0.15, 0.2) is 18.2 Å². The topological polar surface area (TPSA) is 138 Å². The van der Waals surface area contributed by atoms with Crippen molar-refractivity contribution in [1.82, 2.24) is 0 Å². The third-order valence-electron chi connectivity index (χ3n) is 4.02. The van der Waals surface area contributed by atoms with E-state index in [9.17, 15) is 20.4 Å². The van der Waals surface area contributed by atoms with Crippen molar-refractivity contribution in [2.75, 3.05) is 27.4 Å². The number of aliphatic hydroxyl groups excluding tert-OH is 5. The fourth-order valence-corrected chi connectivity index (χ4v) is 2.63. The molecule has 1 aromatic carbocycles. The summed E-state index contributed by atoms with van der Waals surface area (Å²) in [5, 5.41) is 48.1. The third-order valence-corrected chi connectivity index (χ3v) is 4.02. The molecule has 146 valence electrons. The van der Waals surface area contributed by atoms with Crippen molar-refractivity contribution in [2.45, 2.75) is 30.7 Å². The molecule has 0 unspecified atom stereocenters. The van der Waals surface area contributed by atoms with Crippen LogP contribution in [-0.2, 0) is 4.74 Å². The largest absolute Gasteiger partial charge is 0.493 e. The monoisotopic (exact) mass is 372 g/mol.